The van der Waals surface area contributed by atoms with E-state index in [2.05, 4.69) is 0 Å². The smallest absolute Gasteiger partial charge is 0.300 e. The molecular formula is C25H22ClNO5. The molecule has 0 saturated carbocycles. The zero-order chi connectivity index (χ0) is 23.2. The summed E-state index contributed by atoms with van der Waals surface area (Å²) >= 11 is 6.32. The van der Waals surface area contributed by atoms with Crippen LogP contribution in [-0.2, 0) is 9.59 Å². The first-order valence-electron chi connectivity index (χ1n) is 10.0. The number of aryl methyl sites for hydroxylation is 3. The van der Waals surface area contributed by atoms with Crippen molar-refractivity contribution in [3.63, 3.8) is 0 Å². The van der Waals surface area contributed by atoms with E-state index in [-0.39, 0.29) is 16.2 Å². The average Bonchev–Trinajstić information content (AvgIpc) is 3.31. The van der Waals surface area contributed by atoms with E-state index in [1.807, 2.05) is 26.0 Å². The molecule has 1 atom stereocenters. The lowest BCUT2D eigenvalue weighted by Crippen LogP contribution is -2.29. The van der Waals surface area contributed by atoms with Crippen molar-refractivity contribution in [2.24, 2.45) is 0 Å². The van der Waals surface area contributed by atoms with Crippen LogP contribution in [0.4, 0.5) is 5.69 Å². The molecule has 0 bridgehead atoms. The van der Waals surface area contributed by atoms with Crippen LogP contribution in [0.3, 0.4) is 0 Å². The second kappa shape index (κ2) is 8.20. The van der Waals surface area contributed by atoms with Crippen LogP contribution >= 0.6 is 11.6 Å². The van der Waals surface area contributed by atoms with Gasteiger partial charge in [0.1, 0.15) is 29.1 Å². The Morgan fingerprint density at radius 2 is 1.78 bits per heavy atom. The van der Waals surface area contributed by atoms with Gasteiger partial charge < -0.3 is 14.3 Å². The third-order valence-electron chi connectivity index (χ3n) is 5.67. The highest BCUT2D eigenvalue weighted by Crippen LogP contribution is 2.44. The summed E-state index contributed by atoms with van der Waals surface area (Å²) < 4.78 is 11.0. The fraction of sp³-hybridized carbons (Fsp3) is 0.200. The van der Waals surface area contributed by atoms with E-state index in [1.165, 1.54) is 18.1 Å². The molecule has 0 radical (unpaired) electrons. The van der Waals surface area contributed by atoms with Crippen LogP contribution in [-0.4, -0.2) is 23.9 Å². The highest BCUT2D eigenvalue weighted by atomic mass is 35.5. The maximum Gasteiger partial charge on any atom is 0.300 e. The lowest BCUT2D eigenvalue weighted by molar-refractivity contribution is -0.132. The van der Waals surface area contributed by atoms with Crippen molar-refractivity contribution >= 4 is 34.7 Å². The maximum atomic E-state index is 13.2. The number of nitrogens with zero attached hydrogens (tertiary/aromatic N) is 1. The van der Waals surface area contributed by atoms with Crippen LogP contribution in [0.15, 0.2) is 58.5 Å². The number of carbonyl (C=O) groups excluding carboxylic acids is 2. The van der Waals surface area contributed by atoms with Crippen molar-refractivity contribution in [3.8, 4) is 5.75 Å². The molecule has 3 aromatic rings. The number of rotatable bonds is 4. The number of ketones is 1. The van der Waals surface area contributed by atoms with Gasteiger partial charge in [0.25, 0.3) is 11.7 Å². The van der Waals surface area contributed by atoms with Crippen LogP contribution < -0.4 is 9.64 Å². The molecule has 7 heteroatoms. The summed E-state index contributed by atoms with van der Waals surface area (Å²) in [6, 6.07) is 12.7. The van der Waals surface area contributed by atoms with E-state index in [4.69, 9.17) is 20.8 Å². The number of aliphatic hydroxyl groups excluding tert-OH is 1. The lowest BCUT2D eigenvalue weighted by atomic mass is 9.98. The summed E-state index contributed by atoms with van der Waals surface area (Å²) in [5.41, 5.74) is 2.65. The Morgan fingerprint density at radius 1 is 1.03 bits per heavy atom. The van der Waals surface area contributed by atoms with Gasteiger partial charge in [-0.2, -0.15) is 0 Å². The van der Waals surface area contributed by atoms with Crippen molar-refractivity contribution in [1.82, 2.24) is 0 Å². The van der Waals surface area contributed by atoms with E-state index >= 15 is 0 Å². The molecule has 0 spiro atoms. The molecule has 164 valence electrons. The van der Waals surface area contributed by atoms with Gasteiger partial charge in [-0.1, -0.05) is 17.7 Å². The SMILES string of the molecule is COc1ccc(Cl)c(/C(O)=C2/C(=O)C(=O)N(c3ccc(C)c(C)c3)C2c2ccc(C)o2)c1. The van der Waals surface area contributed by atoms with E-state index in [1.54, 1.807) is 37.3 Å². The first-order chi connectivity index (χ1) is 15.2. The van der Waals surface area contributed by atoms with Gasteiger partial charge >= 0.3 is 0 Å². The Kier molecular flexibility index (Phi) is 5.57. The van der Waals surface area contributed by atoms with Gasteiger partial charge in [-0.25, -0.2) is 0 Å². The van der Waals surface area contributed by atoms with E-state index < -0.39 is 23.5 Å². The van der Waals surface area contributed by atoms with Crippen LogP contribution in [0.2, 0.25) is 5.02 Å². The van der Waals surface area contributed by atoms with E-state index in [0.29, 0.717) is 23.0 Å². The fourth-order valence-electron chi connectivity index (χ4n) is 3.80. The summed E-state index contributed by atoms with van der Waals surface area (Å²) in [6.45, 7) is 5.66. The van der Waals surface area contributed by atoms with E-state index in [0.717, 1.165) is 11.1 Å². The number of methoxy groups -OCH3 is 1. The number of benzene rings is 2. The number of amides is 1. The summed E-state index contributed by atoms with van der Waals surface area (Å²) in [6.07, 6.45) is 0. The molecule has 1 aliphatic rings. The molecule has 2 heterocycles. The number of aliphatic hydroxyl groups is 1. The van der Waals surface area contributed by atoms with Gasteiger partial charge in [-0.3, -0.25) is 14.5 Å². The molecule has 1 N–H and O–H groups in total. The summed E-state index contributed by atoms with van der Waals surface area (Å²) in [5.74, 6) is -0.542. The zero-order valence-electron chi connectivity index (χ0n) is 18.1. The Morgan fingerprint density at radius 3 is 2.41 bits per heavy atom. The minimum atomic E-state index is -0.951. The second-order valence-electron chi connectivity index (χ2n) is 7.73. The van der Waals surface area contributed by atoms with Crippen LogP contribution in [0.1, 0.15) is 34.3 Å². The summed E-state index contributed by atoms with van der Waals surface area (Å²) in [7, 11) is 1.48. The number of hydrogen-bond acceptors (Lipinski definition) is 5. The van der Waals surface area contributed by atoms with Crippen molar-refractivity contribution < 1.29 is 23.8 Å². The van der Waals surface area contributed by atoms with E-state index in [9.17, 15) is 14.7 Å². The molecule has 1 saturated heterocycles. The number of carbonyl (C=O) groups is 2. The average molecular weight is 452 g/mol. The van der Waals surface area contributed by atoms with Crippen molar-refractivity contribution in [2.45, 2.75) is 26.8 Å². The standard InChI is InChI=1S/C25H22ClNO5/c1-13-5-7-16(11-14(13)2)27-22(20-10-6-15(3)32-20)21(24(29)25(27)30)23(28)18-12-17(31-4)8-9-19(18)26/h5-12,22,28H,1-4H3/b23-21-. The van der Waals surface area contributed by atoms with Crippen LogP contribution in [0, 0.1) is 20.8 Å². The number of Topliss-reactive ketones (excluding diaryl/α,β-unsaturated/α-hetero) is 1. The zero-order valence-corrected chi connectivity index (χ0v) is 18.9. The third-order valence-corrected chi connectivity index (χ3v) is 6.00. The van der Waals surface area contributed by atoms with Crippen molar-refractivity contribution in [1.29, 1.82) is 0 Å². The fourth-order valence-corrected chi connectivity index (χ4v) is 4.01. The van der Waals surface area contributed by atoms with Gasteiger partial charge in [0.2, 0.25) is 0 Å². The Labute approximate surface area is 190 Å². The Bertz CT molecular complexity index is 1270. The van der Waals surface area contributed by atoms with Crippen LogP contribution in [0.5, 0.6) is 5.75 Å². The number of furan rings is 1. The molecular weight excluding hydrogens is 430 g/mol. The minimum absolute atomic E-state index is 0.0993. The molecule has 0 aliphatic carbocycles. The molecule has 1 fully saturated rings. The Hall–Kier alpha value is -3.51. The largest absolute Gasteiger partial charge is 0.507 e. The van der Waals surface area contributed by atoms with Gasteiger partial charge in [0.15, 0.2) is 0 Å². The normalized spacial score (nSPS) is 17.8. The molecule has 1 aromatic heterocycles. The number of ether oxygens (including phenoxy) is 1. The van der Waals surface area contributed by atoms with Crippen molar-refractivity contribution in [3.05, 3.63) is 87.3 Å². The van der Waals surface area contributed by atoms with Crippen LogP contribution in [0.25, 0.3) is 5.76 Å². The molecule has 4 rings (SSSR count). The maximum absolute atomic E-state index is 13.2. The first-order valence-corrected chi connectivity index (χ1v) is 10.4. The van der Waals surface area contributed by atoms with Crippen molar-refractivity contribution in [2.75, 3.05) is 12.0 Å². The number of hydrogen-bond donors (Lipinski definition) is 1. The molecule has 1 unspecified atom stereocenters. The lowest BCUT2D eigenvalue weighted by Gasteiger charge is -2.24. The van der Waals surface area contributed by atoms with Gasteiger partial charge in [0.05, 0.1) is 17.7 Å². The first kappa shape index (κ1) is 21.7. The van der Waals surface area contributed by atoms with Gasteiger partial charge in [-0.05, 0) is 74.4 Å². The number of anilines is 1. The predicted octanol–water partition coefficient (Wildman–Crippen LogP) is 5.49. The predicted molar refractivity (Wildman–Crippen MR) is 122 cm³/mol. The topological polar surface area (TPSA) is 80.0 Å². The number of halogens is 1. The highest BCUT2D eigenvalue weighted by molar-refractivity contribution is 6.52. The minimum Gasteiger partial charge on any atom is -0.507 e. The molecule has 6 nitrogen and oxygen atoms in total. The second-order valence-corrected chi connectivity index (χ2v) is 8.14. The Balaban J connectivity index is 1.97. The highest BCUT2D eigenvalue weighted by Gasteiger charge is 2.48. The monoisotopic (exact) mass is 451 g/mol. The summed E-state index contributed by atoms with van der Waals surface area (Å²) in [5, 5.41) is 11.4. The van der Waals surface area contributed by atoms with Gasteiger partial charge in [0, 0.05) is 11.3 Å². The molecule has 2 aromatic carbocycles. The molecule has 1 aliphatic heterocycles. The third kappa shape index (κ3) is 3.56. The summed E-state index contributed by atoms with van der Waals surface area (Å²) in [4.78, 5) is 27.7. The molecule has 1 amide bonds. The quantitative estimate of drug-likeness (QED) is 0.322. The molecule has 32 heavy (non-hydrogen) atoms. The van der Waals surface area contributed by atoms with Gasteiger partial charge in [-0.15, -0.1) is 0 Å².